The Kier molecular flexibility index (Phi) is 4.11. The van der Waals surface area contributed by atoms with Crippen molar-refractivity contribution in [2.45, 2.75) is 25.6 Å². The standard InChI is InChI=1S/C14H12F4N2O/c1-8(6-14(16,17)18)20-13(21)10-5-9-3-2-4-11(15)12(9)19-7-10/h2-5,7-8H,6H2,1H3,(H,20,21). The maximum absolute atomic E-state index is 13.4. The van der Waals surface area contributed by atoms with Gasteiger partial charge in [-0.1, -0.05) is 12.1 Å². The van der Waals surface area contributed by atoms with Crippen LogP contribution in [0, 0.1) is 5.82 Å². The number of fused-ring (bicyclic) bond motifs is 1. The molecule has 0 aliphatic carbocycles. The number of alkyl halides is 3. The monoisotopic (exact) mass is 300 g/mol. The summed E-state index contributed by atoms with van der Waals surface area (Å²) < 4.78 is 50.0. The lowest BCUT2D eigenvalue weighted by atomic mass is 10.1. The van der Waals surface area contributed by atoms with Crippen molar-refractivity contribution >= 4 is 16.8 Å². The Morgan fingerprint density at radius 3 is 2.76 bits per heavy atom. The summed E-state index contributed by atoms with van der Waals surface area (Å²) in [4.78, 5) is 15.7. The highest BCUT2D eigenvalue weighted by Crippen LogP contribution is 2.21. The Balaban J connectivity index is 2.16. The maximum Gasteiger partial charge on any atom is 0.391 e. The molecule has 0 saturated heterocycles. The van der Waals surface area contributed by atoms with E-state index >= 15 is 0 Å². The second-order valence-corrected chi connectivity index (χ2v) is 4.73. The predicted molar refractivity (Wildman–Crippen MR) is 69.3 cm³/mol. The molecule has 1 aromatic heterocycles. The van der Waals surface area contributed by atoms with E-state index in [-0.39, 0.29) is 11.1 Å². The number of nitrogens with one attached hydrogen (secondary N) is 1. The van der Waals surface area contributed by atoms with Gasteiger partial charge in [-0.3, -0.25) is 9.78 Å². The van der Waals surface area contributed by atoms with Crippen molar-refractivity contribution in [3.8, 4) is 0 Å². The zero-order chi connectivity index (χ0) is 15.6. The first-order valence-electron chi connectivity index (χ1n) is 6.18. The van der Waals surface area contributed by atoms with Crippen LogP contribution in [0.5, 0.6) is 0 Å². The van der Waals surface area contributed by atoms with Gasteiger partial charge in [0.15, 0.2) is 0 Å². The van der Waals surface area contributed by atoms with Crippen LogP contribution in [0.2, 0.25) is 0 Å². The van der Waals surface area contributed by atoms with Gasteiger partial charge >= 0.3 is 6.18 Å². The third-order valence-corrected chi connectivity index (χ3v) is 2.84. The average molecular weight is 300 g/mol. The highest BCUT2D eigenvalue weighted by atomic mass is 19.4. The number of carbonyl (C=O) groups excluding carboxylic acids is 1. The molecule has 1 unspecified atom stereocenters. The number of carbonyl (C=O) groups is 1. The summed E-state index contributed by atoms with van der Waals surface area (Å²) in [5.41, 5.74) is 0.194. The number of hydrogen-bond donors (Lipinski definition) is 1. The zero-order valence-electron chi connectivity index (χ0n) is 11.0. The summed E-state index contributed by atoms with van der Waals surface area (Å²) in [6, 6.07) is 4.61. The summed E-state index contributed by atoms with van der Waals surface area (Å²) in [7, 11) is 0. The molecule has 0 aliphatic rings. The van der Waals surface area contributed by atoms with Crippen LogP contribution in [0.3, 0.4) is 0 Å². The molecule has 0 spiro atoms. The van der Waals surface area contributed by atoms with Crippen molar-refractivity contribution < 1.29 is 22.4 Å². The summed E-state index contributed by atoms with van der Waals surface area (Å²) in [5, 5.41) is 2.65. The molecule has 112 valence electrons. The molecular weight excluding hydrogens is 288 g/mol. The quantitative estimate of drug-likeness (QED) is 0.882. The lowest BCUT2D eigenvalue weighted by Crippen LogP contribution is -2.36. The fourth-order valence-electron chi connectivity index (χ4n) is 1.95. The van der Waals surface area contributed by atoms with Crippen LogP contribution < -0.4 is 5.32 Å². The fraction of sp³-hybridized carbons (Fsp3) is 0.286. The van der Waals surface area contributed by atoms with Gasteiger partial charge in [0.2, 0.25) is 0 Å². The highest BCUT2D eigenvalue weighted by molar-refractivity contribution is 5.97. The molecule has 2 aromatic rings. The van der Waals surface area contributed by atoms with Gasteiger partial charge in [0.25, 0.3) is 5.91 Å². The molecule has 21 heavy (non-hydrogen) atoms. The molecule has 2 rings (SSSR count). The highest BCUT2D eigenvalue weighted by Gasteiger charge is 2.30. The molecule has 1 amide bonds. The number of hydrogen-bond acceptors (Lipinski definition) is 2. The Morgan fingerprint density at radius 1 is 1.38 bits per heavy atom. The van der Waals surface area contributed by atoms with Gasteiger partial charge in [0.1, 0.15) is 11.3 Å². The lowest BCUT2D eigenvalue weighted by Gasteiger charge is -2.15. The predicted octanol–water partition coefficient (Wildman–Crippen LogP) is 3.44. The first-order valence-corrected chi connectivity index (χ1v) is 6.18. The summed E-state index contributed by atoms with van der Waals surface area (Å²) in [6.07, 6.45) is -4.33. The average Bonchev–Trinajstić information content (AvgIpc) is 2.36. The van der Waals surface area contributed by atoms with Crippen LogP contribution >= 0.6 is 0 Å². The molecule has 0 aliphatic heterocycles. The second-order valence-electron chi connectivity index (χ2n) is 4.73. The fourth-order valence-corrected chi connectivity index (χ4v) is 1.95. The van der Waals surface area contributed by atoms with E-state index in [0.717, 1.165) is 6.20 Å². The van der Waals surface area contributed by atoms with E-state index in [1.807, 2.05) is 0 Å². The van der Waals surface area contributed by atoms with Crippen LogP contribution in [0.4, 0.5) is 17.6 Å². The lowest BCUT2D eigenvalue weighted by molar-refractivity contribution is -0.138. The van der Waals surface area contributed by atoms with Crippen molar-refractivity contribution in [1.82, 2.24) is 10.3 Å². The first kappa shape index (κ1) is 15.2. The van der Waals surface area contributed by atoms with Gasteiger partial charge in [-0.2, -0.15) is 13.2 Å². The van der Waals surface area contributed by atoms with E-state index < -0.39 is 30.4 Å². The number of rotatable bonds is 3. The van der Waals surface area contributed by atoms with E-state index in [1.165, 1.54) is 25.1 Å². The maximum atomic E-state index is 13.4. The smallest absolute Gasteiger partial charge is 0.349 e. The Labute approximate surface area is 118 Å². The van der Waals surface area contributed by atoms with E-state index in [1.54, 1.807) is 6.07 Å². The minimum atomic E-state index is -4.35. The van der Waals surface area contributed by atoms with Gasteiger partial charge < -0.3 is 5.32 Å². The molecule has 0 bridgehead atoms. The van der Waals surface area contributed by atoms with Gasteiger partial charge in [0.05, 0.1) is 12.0 Å². The normalized spacial score (nSPS) is 13.2. The molecule has 3 nitrogen and oxygen atoms in total. The van der Waals surface area contributed by atoms with Crippen molar-refractivity contribution in [2.24, 2.45) is 0 Å². The van der Waals surface area contributed by atoms with E-state index in [4.69, 9.17) is 0 Å². The van der Waals surface area contributed by atoms with E-state index in [0.29, 0.717) is 5.39 Å². The number of halogens is 4. The number of para-hydroxylation sites is 1. The zero-order valence-corrected chi connectivity index (χ0v) is 11.0. The van der Waals surface area contributed by atoms with Crippen LogP contribution in [0.25, 0.3) is 10.9 Å². The van der Waals surface area contributed by atoms with Gasteiger partial charge in [-0.05, 0) is 19.1 Å². The molecule has 1 heterocycles. The molecule has 0 fully saturated rings. The number of benzene rings is 1. The number of amides is 1. The number of aromatic nitrogens is 1. The molecule has 1 N–H and O–H groups in total. The Hall–Kier alpha value is -2.18. The van der Waals surface area contributed by atoms with Gasteiger partial charge in [-0.15, -0.1) is 0 Å². The minimum Gasteiger partial charge on any atom is -0.349 e. The minimum absolute atomic E-state index is 0.0853. The Bertz CT molecular complexity index is 670. The third kappa shape index (κ3) is 3.90. The van der Waals surface area contributed by atoms with Crippen LogP contribution in [0.1, 0.15) is 23.7 Å². The first-order chi connectivity index (χ1) is 9.76. The molecule has 0 radical (unpaired) electrons. The van der Waals surface area contributed by atoms with Crippen molar-refractivity contribution in [3.63, 3.8) is 0 Å². The van der Waals surface area contributed by atoms with Crippen LogP contribution in [0.15, 0.2) is 30.5 Å². The van der Waals surface area contributed by atoms with Crippen molar-refractivity contribution in [2.75, 3.05) is 0 Å². The number of nitrogens with zero attached hydrogens (tertiary/aromatic N) is 1. The molecular formula is C14H12F4N2O. The van der Waals surface area contributed by atoms with Gasteiger partial charge in [0, 0.05) is 17.6 Å². The Morgan fingerprint density at radius 2 is 2.10 bits per heavy atom. The van der Waals surface area contributed by atoms with Crippen molar-refractivity contribution in [1.29, 1.82) is 0 Å². The van der Waals surface area contributed by atoms with E-state index in [9.17, 15) is 22.4 Å². The molecule has 7 heteroatoms. The number of pyridine rings is 1. The summed E-state index contributed by atoms with van der Waals surface area (Å²) in [5.74, 6) is -1.20. The SMILES string of the molecule is CC(CC(F)(F)F)NC(=O)c1cnc2c(F)cccc2c1. The summed E-state index contributed by atoms with van der Waals surface area (Å²) in [6.45, 7) is 1.26. The third-order valence-electron chi connectivity index (χ3n) is 2.84. The van der Waals surface area contributed by atoms with Crippen LogP contribution in [-0.4, -0.2) is 23.1 Å². The van der Waals surface area contributed by atoms with Crippen molar-refractivity contribution in [3.05, 3.63) is 41.8 Å². The topological polar surface area (TPSA) is 42.0 Å². The van der Waals surface area contributed by atoms with E-state index in [2.05, 4.69) is 10.3 Å². The summed E-state index contributed by atoms with van der Waals surface area (Å²) >= 11 is 0. The molecule has 0 saturated carbocycles. The second kappa shape index (κ2) is 5.67. The molecule has 1 atom stereocenters. The molecule has 1 aromatic carbocycles. The largest absolute Gasteiger partial charge is 0.391 e. The van der Waals surface area contributed by atoms with Gasteiger partial charge in [-0.25, -0.2) is 4.39 Å². The van der Waals surface area contributed by atoms with Crippen LogP contribution in [-0.2, 0) is 0 Å².